The van der Waals surface area contributed by atoms with E-state index in [1.165, 1.54) is 25.3 Å². The number of benzene rings is 3. The Balaban J connectivity index is 0.000000946. The number of hydrogen-bond acceptors (Lipinski definition) is 12. The Morgan fingerprint density at radius 2 is 1.11 bits per heavy atom. The van der Waals surface area contributed by atoms with Crippen LogP contribution in [0.25, 0.3) is 17.2 Å². The van der Waals surface area contributed by atoms with E-state index in [-0.39, 0.29) is 32.5 Å². The summed E-state index contributed by atoms with van der Waals surface area (Å²) in [6.45, 7) is 7.45. The second kappa shape index (κ2) is 32.0. The average Bonchev–Trinajstić information content (AvgIpc) is 3.20. The van der Waals surface area contributed by atoms with Crippen LogP contribution in [0.3, 0.4) is 0 Å². The van der Waals surface area contributed by atoms with Crippen molar-refractivity contribution >= 4 is 42.8 Å². The van der Waals surface area contributed by atoms with Gasteiger partial charge in [-0.05, 0) is 71.2 Å². The molecule has 0 aromatic heterocycles. The van der Waals surface area contributed by atoms with Crippen LogP contribution in [0.1, 0.15) is 30.4 Å². The number of ether oxygens (including phenoxy) is 6. The number of hydrogen-bond donors (Lipinski definition) is 0. The highest BCUT2D eigenvalue weighted by atomic mass is 16.6. The van der Waals surface area contributed by atoms with Gasteiger partial charge in [-0.1, -0.05) is 61.7 Å². The minimum absolute atomic E-state index is 0.0242. The Kier molecular flexibility index (Phi) is 28.4. The average molecular weight is 733 g/mol. The van der Waals surface area contributed by atoms with Crippen LogP contribution in [-0.2, 0) is 54.1 Å². The lowest BCUT2D eigenvalue weighted by molar-refractivity contribution is -0.151. The van der Waals surface area contributed by atoms with Gasteiger partial charge in [0.25, 0.3) is 0 Å². The molecule has 3 aromatic rings. The number of carbonyl (C=O) groups is 6. The van der Waals surface area contributed by atoms with Crippen molar-refractivity contribution in [2.24, 2.45) is 0 Å². The Bertz CT molecular complexity index is 1500. The number of rotatable bonds is 19. The standard InChI is InChI=1S/C25H24O4.C10H16O6.2C3H4O/c1-27-18-17-20-5-12-24(13-6-20)29-25(26)16-7-19-3-8-21(9-4-19)22-10-14-23(28-2)15-11-22;1-14-7-8-16-10(13)4-3-9(12)15-6-2-5-11;2*1-2-3-4/h3-16H,17-18H2,1-2H3;5H,2-4,6-8H2,1H3;2*2-3H,1H2/b16-7+;;;. The third-order valence-electron chi connectivity index (χ3n) is 6.26. The molecular weight excluding hydrogens is 684 g/mol. The lowest BCUT2D eigenvalue weighted by Gasteiger charge is -2.05. The van der Waals surface area contributed by atoms with E-state index in [1.807, 2.05) is 60.7 Å². The van der Waals surface area contributed by atoms with Crippen molar-refractivity contribution in [1.29, 1.82) is 0 Å². The fourth-order valence-electron chi connectivity index (χ4n) is 3.64. The molecule has 0 radical (unpaired) electrons. The highest BCUT2D eigenvalue weighted by Gasteiger charge is 2.09. The predicted octanol–water partition coefficient (Wildman–Crippen LogP) is 6.00. The maximum atomic E-state index is 12.1. The molecule has 0 saturated carbocycles. The normalized spacial score (nSPS) is 9.57. The molecular formula is C41H48O12. The van der Waals surface area contributed by atoms with Gasteiger partial charge in [-0.25, -0.2) is 4.79 Å². The van der Waals surface area contributed by atoms with E-state index in [0.717, 1.165) is 34.4 Å². The third-order valence-corrected chi connectivity index (χ3v) is 6.26. The molecule has 0 amide bonds. The van der Waals surface area contributed by atoms with Crippen molar-refractivity contribution in [3.63, 3.8) is 0 Å². The number of esters is 3. The zero-order chi connectivity index (χ0) is 39.5. The van der Waals surface area contributed by atoms with Gasteiger partial charge >= 0.3 is 17.9 Å². The number of aldehydes is 3. The van der Waals surface area contributed by atoms with Crippen molar-refractivity contribution in [2.75, 3.05) is 47.8 Å². The fraction of sp³-hybridized carbons (Fsp3) is 0.268. The number of allylic oxidation sites excluding steroid dienone is 2. The molecule has 0 saturated heterocycles. The quantitative estimate of drug-likeness (QED) is 0.0466. The fourth-order valence-corrected chi connectivity index (χ4v) is 3.64. The summed E-state index contributed by atoms with van der Waals surface area (Å²) in [6, 6.07) is 23.3. The Morgan fingerprint density at radius 3 is 1.58 bits per heavy atom. The van der Waals surface area contributed by atoms with E-state index in [9.17, 15) is 19.2 Å². The van der Waals surface area contributed by atoms with Gasteiger partial charge in [0.05, 0.1) is 39.8 Å². The molecule has 0 N–H and O–H groups in total. The van der Waals surface area contributed by atoms with Crippen LogP contribution in [0.2, 0.25) is 0 Å². The molecule has 0 spiro atoms. The van der Waals surface area contributed by atoms with E-state index in [2.05, 4.69) is 22.6 Å². The van der Waals surface area contributed by atoms with Crippen LogP contribution in [-0.4, -0.2) is 84.5 Å². The van der Waals surface area contributed by atoms with Crippen LogP contribution < -0.4 is 9.47 Å². The van der Waals surface area contributed by atoms with Gasteiger partial charge in [0, 0.05) is 26.7 Å². The zero-order valence-corrected chi connectivity index (χ0v) is 30.4. The maximum Gasteiger partial charge on any atom is 0.336 e. The highest BCUT2D eigenvalue weighted by Crippen LogP contribution is 2.23. The van der Waals surface area contributed by atoms with Crippen molar-refractivity contribution in [2.45, 2.75) is 25.7 Å². The summed E-state index contributed by atoms with van der Waals surface area (Å²) in [7, 11) is 4.83. The molecule has 284 valence electrons. The predicted molar refractivity (Wildman–Crippen MR) is 201 cm³/mol. The van der Waals surface area contributed by atoms with Crippen LogP contribution >= 0.6 is 0 Å². The Morgan fingerprint density at radius 1 is 0.623 bits per heavy atom. The minimum Gasteiger partial charge on any atom is -0.497 e. The number of carbonyl (C=O) groups excluding carboxylic acids is 6. The first-order valence-electron chi connectivity index (χ1n) is 16.3. The van der Waals surface area contributed by atoms with Crippen molar-refractivity contribution in [3.8, 4) is 22.6 Å². The van der Waals surface area contributed by atoms with E-state index < -0.39 is 17.9 Å². The van der Waals surface area contributed by atoms with Crippen molar-refractivity contribution < 1.29 is 57.2 Å². The van der Waals surface area contributed by atoms with Crippen molar-refractivity contribution in [3.05, 3.63) is 115 Å². The van der Waals surface area contributed by atoms with Gasteiger partial charge in [0.15, 0.2) is 0 Å². The van der Waals surface area contributed by atoms with Crippen LogP contribution in [0.4, 0.5) is 0 Å². The molecule has 3 aromatic carbocycles. The van der Waals surface area contributed by atoms with Gasteiger partial charge in [0.2, 0.25) is 0 Å². The van der Waals surface area contributed by atoms with Gasteiger partial charge < -0.3 is 33.2 Å². The van der Waals surface area contributed by atoms with E-state index in [4.69, 9.17) is 28.5 Å². The lowest BCUT2D eigenvalue weighted by atomic mass is 10.0. The first-order valence-corrected chi connectivity index (χ1v) is 16.3. The molecule has 12 heteroatoms. The minimum atomic E-state index is -0.509. The molecule has 53 heavy (non-hydrogen) atoms. The van der Waals surface area contributed by atoms with E-state index in [1.54, 1.807) is 32.4 Å². The second-order valence-electron chi connectivity index (χ2n) is 10.1. The largest absolute Gasteiger partial charge is 0.497 e. The van der Waals surface area contributed by atoms with E-state index in [0.29, 0.717) is 37.8 Å². The summed E-state index contributed by atoms with van der Waals surface area (Å²) in [5.41, 5.74) is 4.27. The summed E-state index contributed by atoms with van der Waals surface area (Å²) in [4.78, 5) is 62.1. The molecule has 0 heterocycles. The molecule has 0 unspecified atom stereocenters. The molecule has 0 aliphatic rings. The molecule has 0 atom stereocenters. The molecule has 3 rings (SSSR count). The molecule has 0 aliphatic heterocycles. The van der Waals surface area contributed by atoms with Gasteiger partial charge in [-0.15, -0.1) is 0 Å². The summed E-state index contributed by atoms with van der Waals surface area (Å²) in [5.74, 6) is -0.0316. The summed E-state index contributed by atoms with van der Waals surface area (Å²) in [6.07, 6.45) is 8.44. The SMILES string of the molecule is C=CC=O.C=CC=O.COCCOC(=O)CCC(=O)OCCC=O.COCCc1ccc(OC(=O)/C=C/c2ccc(-c3ccc(OC)cc3)cc2)cc1. The topological polar surface area (TPSA) is 158 Å². The molecule has 0 bridgehead atoms. The lowest BCUT2D eigenvalue weighted by Crippen LogP contribution is -2.13. The summed E-state index contributed by atoms with van der Waals surface area (Å²) in [5, 5.41) is 0. The second-order valence-corrected chi connectivity index (χ2v) is 10.1. The van der Waals surface area contributed by atoms with Crippen LogP contribution in [0, 0.1) is 0 Å². The Hall–Kier alpha value is -5.98. The zero-order valence-electron chi connectivity index (χ0n) is 30.4. The van der Waals surface area contributed by atoms with Gasteiger partial charge in [-0.3, -0.25) is 19.2 Å². The summed E-state index contributed by atoms with van der Waals surface area (Å²) < 4.78 is 29.7. The van der Waals surface area contributed by atoms with Gasteiger partial charge in [0.1, 0.15) is 37.0 Å². The summed E-state index contributed by atoms with van der Waals surface area (Å²) >= 11 is 0. The van der Waals surface area contributed by atoms with Crippen LogP contribution in [0.5, 0.6) is 11.5 Å². The van der Waals surface area contributed by atoms with Gasteiger partial charge in [-0.2, -0.15) is 0 Å². The first-order chi connectivity index (χ1) is 25.7. The van der Waals surface area contributed by atoms with Crippen molar-refractivity contribution in [1.82, 2.24) is 0 Å². The number of methoxy groups -OCH3 is 3. The first kappa shape index (κ1) is 47.0. The molecule has 12 nitrogen and oxygen atoms in total. The smallest absolute Gasteiger partial charge is 0.336 e. The Labute approximate surface area is 311 Å². The maximum absolute atomic E-state index is 12.1. The third kappa shape index (κ3) is 24.8. The highest BCUT2D eigenvalue weighted by molar-refractivity contribution is 5.88. The molecule has 0 fully saturated rings. The monoisotopic (exact) mass is 732 g/mol. The van der Waals surface area contributed by atoms with E-state index >= 15 is 0 Å². The van der Waals surface area contributed by atoms with Crippen LogP contribution in [0.15, 0.2) is 104 Å². The molecule has 0 aliphatic carbocycles.